The number of hydrogen-bond donors (Lipinski definition) is 3. The van der Waals surface area contributed by atoms with Crippen LogP contribution in [0.3, 0.4) is 0 Å². The first kappa shape index (κ1) is 17.1. The SMILES string of the molecule is Br.CCOC(=O)c1sc(NC(=N)N)nc1-c1ccccc1. The van der Waals surface area contributed by atoms with E-state index in [9.17, 15) is 4.79 Å². The normalized spacial score (nSPS) is 9.57. The molecule has 0 spiro atoms. The molecule has 2 rings (SSSR count). The van der Waals surface area contributed by atoms with Crippen molar-refractivity contribution in [3.8, 4) is 11.3 Å². The van der Waals surface area contributed by atoms with Gasteiger partial charge in [-0.3, -0.25) is 5.41 Å². The molecule has 1 aromatic heterocycles. The molecule has 0 radical (unpaired) electrons. The first-order valence-corrected chi connectivity index (χ1v) is 6.78. The average molecular weight is 371 g/mol. The Bertz CT molecular complexity index is 630. The van der Waals surface area contributed by atoms with Crippen LogP contribution in [0.1, 0.15) is 16.6 Å². The van der Waals surface area contributed by atoms with Gasteiger partial charge in [0.05, 0.1) is 12.3 Å². The molecule has 0 fully saturated rings. The van der Waals surface area contributed by atoms with Gasteiger partial charge in [0.1, 0.15) is 4.88 Å². The van der Waals surface area contributed by atoms with Crippen molar-refractivity contribution in [2.75, 3.05) is 11.9 Å². The van der Waals surface area contributed by atoms with Gasteiger partial charge in [-0.2, -0.15) is 0 Å². The van der Waals surface area contributed by atoms with E-state index >= 15 is 0 Å². The molecule has 2 aromatic rings. The molecule has 6 nitrogen and oxygen atoms in total. The lowest BCUT2D eigenvalue weighted by molar-refractivity contribution is 0.0532. The summed E-state index contributed by atoms with van der Waals surface area (Å²) in [5.74, 6) is -0.658. The third-order valence-electron chi connectivity index (χ3n) is 2.38. The van der Waals surface area contributed by atoms with Gasteiger partial charge in [0.2, 0.25) is 0 Å². The highest BCUT2D eigenvalue weighted by molar-refractivity contribution is 8.93. The minimum Gasteiger partial charge on any atom is -0.462 e. The van der Waals surface area contributed by atoms with Crippen LogP contribution in [0.5, 0.6) is 0 Å². The Hall–Kier alpha value is -1.93. The van der Waals surface area contributed by atoms with Gasteiger partial charge in [-0.1, -0.05) is 41.7 Å². The van der Waals surface area contributed by atoms with Gasteiger partial charge in [-0.05, 0) is 6.92 Å². The Balaban J connectivity index is 0.00000220. The van der Waals surface area contributed by atoms with Crippen molar-refractivity contribution in [3.63, 3.8) is 0 Å². The number of nitrogens with one attached hydrogen (secondary N) is 2. The van der Waals surface area contributed by atoms with Gasteiger partial charge < -0.3 is 15.8 Å². The number of carbonyl (C=O) groups is 1. The molecule has 0 aliphatic carbocycles. The summed E-state index contributed by atoms with van der Waals surface area (Å²) in [5.41, 5.74) is 6.61. The second-order valence-corrected chi connectivity index (χ2v) is 4.82. The summed E-state index contributed by atoms with van der Waals surface area (Å²) < 4.78 is 5.03. The molecule has 0 saturated heterocycles. The van der Waals surface area contributed by atoms with Crippen LogP contribution >= 0.6 is 28.3 Å². The van der Waals surface area contributed by atoms with Crippen LogP contribution in [-0.4, -0.2) is 23.5 Å². The number of esters is 1. The molecule has 8 heteroatoms. The standard InChI is InChI=1S/C13H14N4O2S.BrH/c1-2-19-11(18)10-9(8-6-4-3-5-7-8)16-13(20-10)17-12(14)15;/h3-7H,2H2,1H3,(H4,14,15,16,17);1H. The smallest absolute Gasteiger partial charge is 0.350 e. The maximum Gasteiger partial charge on any atom is 0.350 e. The van der Waals surface area contributed by atoms with E-state index in [1.54, 1.807) is 6.92 Å². The molecule has 0 unspecified atom stereocenters. The van der Waals surface area contributed by atoms with Crippen molar-refractivity contribution >= 4 is 45.4 Å². The molecule has 0 bridgehead atoms. The van der Waals surface area contributed by atoms with Crippen molar-refractivity contribution in [2.24, 2.45) is 5.73 Å². The minimum atomic E-state index is -0.430. The number of aromatic nitrogens is 1. The number of rotatable bonds is 4. The fourth-order valence-electron chi connectivity index (χ4n) is 1.62. The summed E-state index contributed by atoms with van der Waals surface area (Å²) in [5, 5.41) is 10.2. The number of carbonyl (C=O) groups excluding carboxylic acids is 1. The summed E-state index contributed by atoms with van der Waals surface area (Å²) in [6.07, 6.45) is 0. The number of nitrogens with two attached hydrogens (primary N) is 1. The summed E-state index contributed by atoms with van der Waals surface area (Å²) in [4.78, 5) is 16.7. The predicted molar refractivity (Wildman–Crippen MR) is 89.4 cm³/mol. The van der Waals surface area contributed by atoms with Gasteiger partial charge >= 0.3 is 5.97 Å². The van der Waals surface area contributed by atoms with E-state index in [2.05, 4.69) is 10.3 Å². The van der Waals surface area contributed by atoms with Crippen LogP contribution in [0.15, 0.2) is 30.3 Å². The molecule has 1 aromatic carbocycles. The number of halogens is 1. The van der Waals surface area contributed by atoms with E-state index < -0.39 is 5.97 Å². The maximum atomic E-state index is 12.0. The Morgan fingerprint density at radius 3 is 2.67 bits per heavy atom. The largest absolute Gasteiger partial charge is 0.462 e. The zero-order chi connectivity index (χ0) is 14.5. The highest BCUT2D eigenvalue weighted by Gasteiger charge is 2.20. The van der Waals surface area contributed by atoms with Crippen LogP contribution in [0.4, 0.5) is 5.13 Å². The molecule has 0 aliphatic rings. The van der Waals surface area contributed by atoms with Gasteiger partial charge in [0.25, 0.3) is 0 Å². The van der Waals surface area contributed by atoms with Gasteiger partial charge in [0.15, 0.2) is 11.1 Å². The highest BCUT2D eigenvalue weighted by Crippen LogP contribution is 2.31. The number of nitrogens with zero attached hydrogens (tertiary/aromatic N) is 1. The first-order chi connectivity index (χ1) is 9.61. The number of hydrogen-bond acceptors (Lipinski definition) is 5. The number of benzene rings is 1. The van der Waals surface area contributed by atoms with Gasteiger partial charge in [0, 0.05) is 5.56 Å². The topological polar surface area (TPSA) is 101 Å². The highest BCUT2D eigenvalue weighted by atomic mass is 79.9. The van der Waals surface area contributed by atoms with E-state index in [1.807, 2.05) is 30.3 Å². The Morgan fingerprint density at radius 1 is 1.43 bits per heavy atom. The third-order valence-corrected chi connectivity index (χ3v) is 3.33. The molecule has 0 atom stereocenters. The molecule has 4 N–H and O–H groups in total. The predicted octanol–water partition coefficient (Wildman–Crippen LogP) is 2.87. The molecule has 112 valence electrons. The van der Waals surface area contributed by atoms with Crippen LogP contribution < -0.4 is 11.1 Å². The Kier molecular flexibility index (Phi) is 6.32. The number of thiazole rings is 1. The van der Waals surface area contributed by atoms with Crippen LogP contribution in [0.25, 0.3) is 11.3 Å². The molecular weight excluding hydrogens is 356 g/mol. The molecule has 21 heavy (non-hydrogen) atoms. The van der Waals surface area contributed by atoms with Crippen molar-refractivity contribution in [1.29, 1.82) is 5.41 Å². The summed E-state index contributed by atoms with van der Waals surface area (Å²) in [6, 6.07) is 9.32. The average Bonchev–Trinajstić information content (AvgIpc) is 2.83. The number of guanidine groups is 1. The van der Waals surface area contributed by atoms with Gasteiger partial charge in [-0.15, -0.1) is 17.0 Å². The van der Waals surface area contributed by atoms with Gasteiger partial charge in [-0.25, -0.2) is 9.78 Å². The van der Waals surface area contributed by atoms with E-state index in [0.29, 0.717) is 22.3 Å². The third kappa shape index (κ3) is 4.27. The summed E-state index contributed by atoms with van der Waals surface area (Å²) in [7, 11) is 0. The van der Waals surface area contributed by atoms with Crippen molar-refractivity contribution in [1.82, 2.24) is 4.98 Å². The quantitative estimate of drug-likeness (QED) is 0.436. The molecule has 0 aliphatic heterocycles. The zero-order valence-corrected chi connectivity index (χ0v) is 13.8. The van der Waals surface area contributed by atoms with Crippen LogP contribution in [-0.2, 0) is 4.74 Å². The monoisotopic (exact) mass is 370 g/mol. The van der Waals surface area contributed by atoms with E-state index in [4.69, 9.17) is 15.9 Å². The summed E-state index contributed by atoms with van der Waals surface area (Å²) in [6.45, 7) is 2.04. The lowest BCUT2D eigenvalue weighted by Gasteiger charge is -2.01. The molecule has 0 saturated carbocycles. The number of ether oxygens (including phenoxy) is 1. The first-order valence-electron chi connectivity index (χ1n) is 5.96. The van der Waals surface area contributed by atoms with Crippen LogP contribution in [0.2, 0.25) is 0 Å². The van der Waals surface area contributed by atoms with E-state index in [1.165, 1.54) is 0 Å². The fourth-order valence-corrected chi connectivity index (χ4v) is 2.51. The fraction of sp³-hybridized carbons (Fsp3) is 0.154. The van der Waals surface area contributed by atoms with E-state index in [-0.39, 0.29) is 22.9 Å². The second kappa shape index (κ2) is 7.75. The minimum absolute atomic E-state index is 0. The van der Waals surface area contributed by atoms with Crippen molar-refractivity contribution < 1.29 is 9.53 Å². The van der Waals surface area contributed by atoms with E-state index in [0.717, 1.165) is 16.9 Å². The Labute approximate surface area is 136 Å². The maximum absolute atomic E-state index is 12.0. The van der Waals surface area contributed by atoms with Crippen molar-refractivity contribution in [2.45, 2.75) is 6.92 Å². The molecule has 0 amide bonds. The van der Waals surface area contributed by atoms with Crippen molar-refractivity contribution in [3.05, 3.63) is 35.2 Å². The second-order valence-electron chi connectivity index (χ2n) is 3.82. The zero-order valence-electron chi connectivity index (χ0n) is 11.3. The lowest BCUT2D eigenvalue weighted by atomic mass is 10.1. The lowest BCUT2D eigenvalue weighted by Crippen LogP contribution is -2.20. The van der Waals surface area contributed by atoms with Crippen LogP contribution in [0, 0.1) is 5.41 Å². The number of anilines is 1. The molecule has 1 heterocycles. The summed E-state index contributed by atoms with van der Waals surface area (Å²) >= 11 is 1.11. The molecular formula is C13H15BrN4O2S. The Morgan fingerprint density at radius 2 is 2.10 bits per heavy atom.